The summed E-state index contributed by atoms with van der Waals surface area (Å²) in [5, 5.41) is 9.43. The van der Waals surface area contributed by atoms with Crippen LogP contribution in [-0.4, -0.2) is 31.0 Å². The Kier molecular flexibility index (Phi) is 4.01. The van der Waals surface area contributed by atoms with E-state index >= 15 is 0 Å². The highest BCUT2D eigenvalue weighted by atomic mass is 32.2. The summed E-state index contributed by atoms with van der Waals surface area (Å²) < 4.78 is 25.5. The van der Waals surface area contributed by atoms with Crippen LogP contribution in [-0.2, 0) is 16.4 Å². The number of rotatable bonds is 6. The van der Waals surface area contributed by atoms with Gasteiger partial charge in [-0.1, -0.05) is 30.3 Å². The summed E-state index contributed by atoms with van der Waals surface area (Å²) in [5.41, 5.74) is 6.77. The summed E-state index contributed by atoms with van der Waals surface area (Å²) in [6.45, 7) is 0. The van der Waals surface area contributed by atoms with Crippen molar-refractivity contribution < 1.29 is 13.5 Å². The Balaban J connectivity index is 1.90. The molecule has 0 heterocycles. The van der Waals surface area contributed by atoms with Crippen LogP contribution in [0.2, 0.25) is 0 Å². The van der Waals surface area contributed by atoms with E-state index in [9.17, 15) is 13.5 Å². The average Bonchev–Trinajstić information content (AvgIpc) is 3.13. The molecule has 1 unspecified atom stereocenters. The first-order valence-corrected chi connectivity index (χ1v) is 7.52. The van der Waals surface area contributed by atoms with E-state index in [0.29, 0.717) is 19.3 Å². The number of aliphatic hydroxyl groups excluding tert-OH is 1. The second-order valence-corrected chi connectivity index (χ2v) is 6.65. The highest BCUT2D eigenvalue weighted by Crippen LogP contribution is 2.27. The van der Waals surface area contributed by atoms with Crippen LogP contribution in [0.25, 0.3) is 0 Å². The van der Waals surface area contributed by atoms with Gasteiger partial charge in [-0.25, -0.2) is 8.42 Å². The summed E-state index contributed by atoms with van der Waals surface area (Å²) in [6.07, 6.45) is 0.511. The first-order chi connectivity index (χ1) is 8.49. The number of aliphatic hydroxyl groups is 1. The van der Waals surface area contributed by atoms with Gasteiger partial charge in [0.2, 0.25) is 10.0 Å². The lowest BCUT2D eigenvalue weighted by atomic mass is 10.1. The van der Waals surface area contributed by atoms with E-state index in [1.54, 1.807) is 0 Å². The molecule has 1 saturated carbocycles. The molecule has 1 aliphatic rings. The minimum atomic E-state index is -3.40. The molecule has 2 atom stereocenters. The molecule has 2 rings (SSSR count). The molecular formula is C12H18N2O3S. The van der Waals surface area contributed by atoms with Crippen LogP contribution >= 0.6 is 0 Å². The summed E-state index contributed by atoms with van der Waals surface area (Å²) >= 11 is 0. The maximum absolute atomic E-state index is 11.6. The van der Waals surface area contributed by atoms with Gasteiger partial charge in [0.15, 0.2) is 0 Å². The van der Waals surface area contributed by atoms with E-state index in [4.69, 9.17) is 5.73 Å². The third-order valence-electron chi connectivity index (χ3n) is 2.97. The highest BCUT2D eigenvalue weighted by molar-refractivity contribution is 7.90. The summed E-state index contributed by atoms with van der Waals surface area (Å²) in [4.78, 5) is 0. The van der Waals surface area contributed by atoms with Gasteiger partial charge in [0.1, 0.15) is 6.23 Å². The molecular weight excluding hydrogens is 252 g/mol. The van der Waals surface area contributed by atoms with Gasteiger partial charge in [-0.05, 0) is 24.8 Å². The van der Waals surface area contributed by atoms with Crippen molar-refractivity contribution in [2.45, 2.75) is 36.8 Å². The third kappa shape index (κ3) is 3.52. The number of benzene rings is 1. The minimum Gasteiger partial charge on any atom is -0.376 e. The lowest BCUT2D eigenvalue weighted by Crippen LogP contribution is -2.49. The zero-order chi connectivity index (χ0) is 13.2. The van der Waals surface area contributed by atoms with Gasteiger partial charge >= 0.3 is 0 Å². The van der Waals surface area contributed by atoms with Crippen molar-refractivity contribution in [2.75, 3.05) is 0 Å². The van der Waals surface area contributed by atoms with Crippen LogP contribution in [0.4, 0.5) is 0 Å². The quantitative estimate of drug-likeness (QED) is 0.632. The average molecular weight is 270 g/mol. The molecule has 0 aliphatic heterocycles. The normalized spacial score (nSPS) is 19.4. The van der Waals surface area contributed by atoms with Crippen LogP contribution in [0.3, 0.4) is 0 Å². The maximum Gasteiger partial charge on any atom is 0.216 e. The Morgan fingerprint density at radius 1 is 1.33 bits per heavy atom. The molecule has 1 aliphatic carbocycles. The lowest BCUT2D eigenvalue weighted by Gasteiger charge is -2.20. The van der Waals surface area contributed by atoms with Gasteiger partial charge in [0.05, 0.1) is 5.25 Å². The van der Waals surface area contributed by atoms with Crippen LogP contribution in [0.1, 0.15) is 18.4 Å². The number of sulfonamides is 1. The van der Waals surface area contributed by atoms with E-state index in [2.05, 4.69) is 4.72 Å². The molecule has 0 aromatic heterocycles. The molecule has 0 amide bonds. The minimum absolute atomic E-state index is 0.351. The Morgan fingerprint density at radius 2 is 1.94 bits per heavy atom. The molecule has 100 valence electrons. The van der Waals surface area contributed by atoms with E-state index < -0.39 is 22.3 Å². The topological polar surface area (TPSA) is 92.4 Å². The fourth-order valence-corrected chi connectivity index (χ4v) is 3.19. The van der Waals surface area contributed by atoms with Gasteiger partial charge < -0.3 is 10.8 Å². The number of hydrogen-bond donors (Lipinski definition) is 3. The zero-order valence-corrected chi connectivity index (χ0v) is 10.8. The molecule has 5 nitrogen and oxygen atoms in total. The second kappa shape index (κ2) is 5.36. The lowest BCUT2D eigenvalue weighted by molar-refractivity contribution is 0.133. The van der Waals surface area contributed by atoms with Crippen molar-refractivity contribution in [3.8, 4) is 0 Å². The highest BCUT2D eigenvalue weighted by Gasteiger charge is 2.37. The van der Waals surface area contributed by atoms with E-state index in [0.717, 1.165) is 5.56 Å². The largest absolute Gasteiger partial charge is 0.376 e. The standard InChI is InChI=1S/C12H18N2O3S/c13-11(8-9-4-2-1-3-5-9)12(15)14-18(16,17)10-6-7-10/h1-5,10-12,14-15H,6-8,13H2/t11-,12?/m0/s1. The SMILES string of the molecule is N[C@@H](Cc1ccccc1)C(O)NS(=O)(=O)C1CC1. The number of nitrogens with two attached hydrogens (primary N) is 1. The predicted molar refractivity (Wildman–Crippen MR) is 69.2 cm³/mol. The molecule has 0 saturated heterocycles. The van der Waals surface area contributed by atoms with E-state index in [-0.39, 0.29) is 5.25 Å². The number of hydrogen-bond acceptors (Lipinski definition) is 4. The smallest absolute Gasteiger partial charge is 0.216 e. The van der Waals surface area contributed by atoms with E-state index in [1.165, 1.54) is 0 Å². The van der Waals surface area contributed by atoms with Crippen molar-refractivity contribution in [3.63, 3.8) is 0 Å². The second-order valence-electron chi connectivity index (χ2n) is 4.66. The molecule has 4 N–H and O–H groups in total. The first-order valence-electron chi connectivity index (χ1n) is 5.98. The third-order valence-corrected chi connectivity index (χ3v) is 4.89. The molecule has 0 bridgehead atoms. The molecule has 18 heavy (non-hydrogen) atoms. The van der Waals surface area contributed by atoms with Gasteiger partial charge in [-0.3, -0.25) is 0 Å². The Morgan fingerprint density at radius 3 is 2.50 bits per heavy atom. The fourth-order valence-electron chi connectivity index (χ4n) is 1.73. The van der Waals surface area contributed by atoms with Crippen molar-refractivity contribution in [1.29, 1.82) is 0 Å². The van der Waals surface area contributed by atoms with Gasteiger partial charge in [-0.15, -0.1) is 0 Å². The van der Waals surface area contributed by atoms with E-state index in [1.807, 2.05) is 30.3 Å². The fraction of sp³-hybridized carbons (Fsp3) is 0.500. The summed E-state index contributed by atoms with van der Waals surface area (Å²) in [5.74, 6) is 0. The van der Waals surface area contributed by atoms with Crippen molar-refractivity contribution in [3.05, 3.63) is 35.9 Å². The van der Waals surface area contributed by atoms with Crippen LogP contribution in [0.5, 0.6) is 0 Å². The Bertz CT molecular complexity index is 485. The van der Waals surface area contributed by atoms with Crippen LogP contribution in [0, 0.1) is 0 Å². The van der Waals surface area contributed by atoms with Crippen molar-refractivity contribution in [1.82, 2.24) is 4.72 Å². The molecule has 1 aromatic rings. The van der Waals surface area contributed by atoms with Gasteiger partial charge in [0, 0.05) is 6.04 Å². The molecule has 0 radical (unpaired) electrons. The van der Waals surface area contributed by atoms with Crippen molar-refractivity contribution in [2.24, 2.45) is 5.73 Å². The summed E-state index contributed by atoms with van der Waals surface area (Å²) in [7, 11) is -3.40. The molecule has 6 heteroatoms. The molecule has 1 fully saturated rings. The predicted octanol–water partition coefficient (Wildman–Crippen LogP) is -0.0434. The first kappa shape index (κ1) is 13.5. The number of nitrogens with one attached hydrogen (secondary N) is 1. The van der Waals surface area contributed by atoms with Gasteiger partial charge in [-0.2, -0.15) is 4.72 Å². The van der Waals surface area contributed by atoms with Crippen LogP contribution < -0.4 is 10.5 Å². The van der Waals surface area contributed by atoms with Crippen molar-refractivity contribution >= 4 is 10.0 Å². The molecule has 1 aromatic carbocycles. The maximum atomic E-state index is 11.6. The zero-order valence-electron chi connectivity index (χ0n) is 9.99. The summed E-state index contributed by atoms with van der Waals surface area (Å²) in [6, 6.07) is 8.78. The van der Waals surface area contributed by atoms with Crippen LogP contribution in [0.15, 0.2) is 30.3 Å². The monoisotopic (exact) mass is 270 g/mol. The Hall–Kier alpha value is -0.950. The Labute approximate surface area is 107 Å². The molecule has 0 spiro atoms. The van der Waals surface area contributed by atoms with Gasteiger partial charge in [0.25, 0.3) is 0 Å².